The van der Waals surface area contributed by atoms with Crippen molar-refractivity contribution < 1.29 is 23.7 Å². The predicted octanol–water partition coefficient (Wildman–Crippen LogP) is 3.49. The summed E-state index contributed by atoms with van der Waals surface area (Å²) in [5, 5.41) is 17.6. The molecule has 0 saturated carbocycles. The topological polar surface area (TPSA) is 102 Å². The van der Waals surface area contributed by atoms with Crippen molar-refractivity contribution in [2.75, 3.05) is 20.3 Å². The number of benzene rings is 2. The van der Waals surface area contributed by atoms with E-state index in [9.17, 15) is 4.79 Å². The van der Waals surface area contributed by atoms with Crippen LogP contribution in [0.2, 0.25) is 0 Å². The van der Waals surface area contributed by atoms with Crippen molar-refractivity contribution in [3.63, 3.8) is 0 Å². The van der Waals surface area contributed by atoms with Gasteiger partial charge in [0.25, 0.3) is 0 Å². The average molecular weight is 378 g/mol. The molecule has 7 nitrogen and oxygen atoms in total. The van der Waals surface area contributed by atoms with E-state index in [0.29, 0.717) is 35.0 Å². The molecule has 0 heterocycles. The van der Waals surface area contributed by atoms with Crippen LogP contribution in [0.5, 0.6) is 23.0 Å². The number of nitriles is 2. The Balaban J connectivity index is 2.12. The molecule has 0 N–H and O–H groups in total. The second-order valence-corrected chi connectivity index (χ2v) is 5.32. The molecule has 0 aliphatic heterocycles. The van der Waals surface area contributed by atoms with Gasteiger partial charge in [-0.2, -0.15) is 10.5 Å². The molecule has 2 aromatic carbocycles. The lowest BCUT2D eigenvalue weighted by Gasteiger charge is -2.10. The van der Waals surface area contributed by atoms with Crippen LogP contribution in [-0.2, 0) is 4.79 Å². The Morgan fingerprint density at radius 3 is 2.50 bits per heavy atom. The molecular weight excluding hydrogens is 360 g/mol. The van der Waals surface area contributed by atoms with Gasteiger partial charge in [-0.1, -0.05) is 6.07 Å². The quantitative estimate of drug-likeness (QED) is 0.394. The normalized spacial score (nSPS) is 10.0. The van der Waals surface area contributed by atoms with Crippen LogP contribution in [0.1, 0.15) is 18.1 Å². The van der Waals surface area contributed by atoms with E-state index >= 15 is 0 Å². The molecule has 7 heteroatoms. The second-order valence-electron chi connectivity index (χ2n) is 5.32. The molecule has 0 aliphatic carbocycles. The van der Waals surface area contributed by atoms with E-state index in [2.05, 4.69) is 0 Å². The number of rotatable bonds is 8. The fourth-order valence-corrected chi connectivity index (χ4v) is 2.25. The molecule has 0 bridgehead atoms. The zero-order valence-electron chi connectivity index (χ0n) is 15.5. The zero-order valence-corrected chi connectivity index (χ0v) is 15.5. The van der Waals surface area contributed by atoms with Crippen LogP contribution in [0, 0.1) is 22.7 Å². The van der Waals surface area contributed by atoms with Gasteiger partial charge in [0.2, 0.25) is 0 Å². The maximum Gasteiger partial charge on any atom is 0.336 e. The summed E-state index contributed by atoms with van der Waals surface area (Å²) in [4.78, 5) is 12.1. The number of nitrogens with zero attached hydrogens (tertiary/aromatic N) is 2. The van der Waals surface area contributed by atoms with Gasteiger partial charge in [0.15, 0.2) is 29.6 Å². The fraction of sp³-hybridized carbons (Fsp3) is 0.190. The lowest BCUT2D eigenvalue weighted by Crippen LogP contribution is -2.06. The van der Waals surface area contributed by atoms with Gasteiger partial charge in [0, 0.05) is 12.1 Å². The van der Waals surface area contributed by atoms with Gasteiger partial charge in [0.05, 0.1) is 25.3 Å². The van der Waals surface area contributed by atoms with Gasteiger partial charge < -0.3 is 18.9 Å². The van der Waals surface area contributed by atoms with Crippen molar-refractivity contribution >= 4 is 12.0 Å². The number of hydrogen-bond donors (Lipinski definition) is 0. The Labute approximate surface area is 162 Å². The van der Waals surface area contributed by atoms with Crippen molar-refractivity contribution in [2.45, 2.75) is 6.92 Å². The van der Waals surface area contributed by atoms with Crippen molar-refractivity contribution in [1.29, 1.82) is 10.5 Å². The van der Waals surface area contributed by atoms with Gasteiger partial charge in [-0.3, -0.25) is 0 Å². The van der Waals surface area contributed by atoms with E-state index in [1.54, 1.807) is 37.3 Å². The minimum atomic E-state index is -0.602. The number of ether oxygens (including phenoxy) is 4. The summed E-state index contributed by atoms with van der Waals surface area (Å²) < 4.78 is 21.2. The van der Waals surface area contributed by atoms with Crippen LogP contribution in [0.15, 0.2) is 42.5 Å². The Bertz CT molecular complexity index is 954. The standard InChI is InChI=1S/C21H18N2O5/c1-3-26-20-13-16(14-23)5-8-18(20)28-21(24)9-6-15-4-7-17(27-11-10-22)19(12-15)25-2/h4-9,12-13H,3,11H2,1-2H3/b9-6+. The fourth-order valence-electron chi connectivity index (χ4n) is 2.25. The molecule has 0 saturated heterocycles. The average Bonchev–Trinajstić information content (AvgIpc) is 2.72. The summed E-state index contributed by atoms with van der Waals surface area (Å²) in [7, 11) is 1.48. The first-order chi connectivity index (χ1) is 13.6. The van der Waals surface area contributed by atoms with Crippen LogP contribution in [0.25, 0.3) is 6.08 Å². The molecule has 0 radical (unpaired) electrons. The number of hydrogen-bond acceptors (Lipinski definition) is 7. The van der Waals surface area contributed by atoms with Gasteiger partial charge in [0.1, 0.15) is 6.07 Å². The smallest absolute Gasteiger partial charge is 0.336 e. The van der Waals surface area contributed by atoms with E-state index in [4.69, 9.17) is 29.5 Å². The molecule has 0 fully saturated rings. The van der Waals surface area contributed by atoms with Crippen LogP contribution in [0.4, 0.5) is 0 Å². The molecule has 0 atom stereocenters. The molecule has 0 unspecified atom stereocenters. The van der Waals surface area contributed by atoms with Gasteiger partial charge in [-0.25, -0.2) is 4.79 Å². The van der Waals surface area contributed by atoms with Crippen molar-refractivity contribution in [2.24, 2.45) is 0 Å². The first kappa shape index (κ1) is 20.3. The second kappa shape index (κ2) is 10.2. The molecular formula is C21H18N2O5. The molecule has 0 spiro atoms. The van der Waals surface area contributed by atoms with E-state index in [-0.39, 0.29) is 12.4 Å². The highest BCUT2D eigenvalue weighted by atomic mass is 16.6. The highest BCUT2D eigenvalue weighted by Gasteiger charge is 2.10. The summed E-state index contributed by atoms with van der Waals surface area (Å²) >= 11 is 0. The van der Waals surface area contributed by atoms with Gasteiger partial charge in [-0.15, -0.1) is 0 Å². The summed E-state index contributed by atoms with van der Waals surface area (Å²) in [6, 6.07) is 13.5. The molecule has 0 aromatic heterocycles. The molecule has 2 aromatic rings. The number of carbonyl (C=O) groups is 1. The Morgan fingerprint density at radius 2 is 1.82 bits per heavy atom. The molecule has 28 heavy (non-hydrogen) atoms. The number of carbonyl (C=O) groups excluding carboxylic acids is 1. The Hall–Kier alpha value is -3.97. The first-order valence-electron chi connectivity index (χ1n) is 8.35. The maximum absolute atomic E-state index is 12.1. The summed E-state index contributed by atoms with van der Waals surface area (Å²) in [5.74, 6) is 0.825. The highest BCUT2D eigenvalue weighted by molar-refractivity contribution is 5.89. The first-order valence-corrected chi connectivity index (χ1v) is 8.35. The van der Waals surface area contributed by atoms with E-state index in [1.165, 1.54) is 25.3 Å². The lowest BCUT2D eigenvalue weighted by atomic mass is 10.2. The van der Waals surface area contributed by atoms with E-state index in [1.807, 2.05) is 12.1 Å². The third-order valence-corrected chi connectivity index (χ3v) is 3.47. The van der Waals surface area contributed by atoms with Gasteiger partial charge in [-0.05, 0) is 42.8 Å². The van der Waals surface area contributed by atoms with Gasteiger partial charge >= 0.3 is 5.97 Å². The third-order valence-electron chi connectivity index (χ3n) is 3.47. The minimum absolute atomic E-state index is 0.0926. The summed E-state index contributed by atoms with van der Waals surface area (Å²) in [6.07, 6.45) is 2.82. The largest absolute Gasteiger partial charge is 0.493 e. The monoisotopic (exact) mass is 378 g/mol. The van der Waals surface area contributed by atoms with Crippen LogP contribution < -0.4 is 18.9 Å². The van der Waals surface area contributed by atoms with Crippen LogP contribution >= 0.6 is 0 Å². The van der Waals surface area contributed by atoms with Crippen LogP contribution in [-0.4, -0.2) is 26.3 Å². The van der Waals surface area contributed by atoms with Crippen molar-refractivity contribution in [1.82, 2.24) is 0 Å². The molecule has 142 valence electrons. The van der Waals surface area contributed by atoms with E-state index in [0.717, 1.165) is 0 Å². The maximum atomic E-state index is 12.1. The van der Waals surface area contributed by atoms with E-state index < -0.39 is 5.97 Å². The predicted molar refractivity (Wildman–Crippen MR) is 101 cm³/mol. The highest BCUT2D eigenvalue weighted by Crippen LogP contribution is 2.30. The van der Waals surface area contributed by atoms with Crippen molar-refractivity contribution in [3.8, 4) is 35.1 Å². The molecule has 2 rings (SSSR count). The minimum Gasteiger partial charge on any atom is -0.493 e. The SMILES string of the molecule is CCOc1cc(C#N)ccc1OC(=O)/C=C/c1ccc(OCC#N)c(OC)c1. The third kappa shape index (κ3) is 5.52. The Morgan fingerprint density at radius 1 is 1.04 bits per heavy atom. The molecule has 0 amide bonds. The van der Waals surface area contributed by atoms with Crippen molar-refractivity contribution in [3.05, 3.63) is 53.6 Å². The zero-order chi connectivity index (χ0) is 20.4. The lowest BCUT2D eigenvalue weighted by molar-refractivity contribution is -0.129. The molecule has 0 aliphatic rings. The summed E-state index contributed by atoms with van der Waals surface area (Å²) in [6.45, 7) is 2.07. The number of methoxy groups -OCH3 is 1. The van der Waals surface area contributed by atoms with Crippen LogP contribution in [0.3, 0.4) is 0 Å². The summed E-state index contributed by atoms with van der Waals surface area (Å²) in [5.41, 5.74) is 1.09. The Kier molecular flexibility index (Phi) is 7.44. The number of esters is 1.